The predicted octanol–water partition coefficient (Wildman–Crippen LogP) is 1.65. The van der Waals surface area contributed by atoms with Crippen LogP contribution in [0.2, 0.25) is 0 Å². The van der Waals surface area contributed by atoms with Crippen molar-refractivity contribution in [2.75, 3.05) is 40.4 Å². The molecule has 0 unspecified atom stereocenters. The molecule has 1 aromatic heterocycles. The Bertz CT molecular complexity index is 385. The topological polar surface area (TPSA) is 44.4 Å². The van der Waals surface area contributed by atoms with Crippen molar-refractivity contribution in [3.63, 3.8) is 0 Å². The van der Waals surface area contributed by atoms with E-state index in [-0.39, 0.29) is 0 Å². The van der Waals surface area contributed by atoms with Crippen molar-refractivity contribution in [3.8, 4) is 0 Å². The first-order valence-corrected chi connectivity index (χ1v) is 7.61. The Morgan fingerprint density at radius 2 is 2.20 bits per heavy atom. The van der Waals surface area contributed by atoms with Gasteiger partial charge in [0.1, 0.15) is 0 Å². The maximum atomic E-state index is 5.20. The number of aromatic amines is 1. The Kier molecular flexibility index (Phi) is 6.01. The molecule has 1 aromatic rings. The predicted molar refractivity (Wildman–Crippen MR) is 80.7 cm³/mol. The number of aryl methyl sites for hydroxylation is 1. The van der Waals surface area contributed by atoms with Crippen molar-refractivity contribution >= 4 is 0 Å². The summed E-state index contributed by atoms with van der Waals surface area (Å²) in [5.41, 5.74) is 2.37. The van der Waals surface area contributed by atoms with Crippen LogP contribution in [0.15, 0.2) is 6.33 Å². The Morgan fingerprint density at radius 3 is 2.80 bits per heavy atom. The number of methoxy groups -OCH3 is 1. The largest absolute Gasteiger partial charge is 0.385 e. The number of H-pyrrole nitrogens is 1. The zero-order valence-electron chi connectivity index (χ0n) is 13.1. The number of hydrogen-bond acceptors (Lipinski definition) is 4. The Balaban J connectivity index is 1.94. The third-order valence-corrected chi connectivity index (χ3v) is 4.29. The van der Waals surface area contributed by atoms with E-state index in [0.717, 1.165) is 26.1 Å². The Hall–Kier alpha value is -0.910. The van der Waals surface area contributed by atoms with Gasteiger partial charge in [0.2, 0.25) is 0 Å². The van der Waals surface area contributed by atoms with E-state index in [4.69, 9.17) is 4.74 Å². The minimum absolute atomic E-state index is 0.680. The summed E-state index contributed by atoms with van der Waals surface area (Å²) in [6, 6.07) is 0.680. The summed E-state index contributed by atoms with van der Waals surface area (Å²) in [6.45, 7) is 7.38. The molecule has 2 rings (SSSR count). The smallest absolute Gasteiger partial charge is 0.0925 e. The highest BCUT2D eigenvalue weighted by Gasteiger charge is 2.23. The molecule has 0 bridgehead atoms. The molecule has 1 saturated heterocycles. The lowest BCUT2D eigenvalue weighted by atomic mass is 10.0. The summed E-state index contributed by atoms with van der Waals surface area (Å²) in [6.07, 6.45) is 5.40. The summed E-state index contributed by atoms with van der Waals surface area (Å²) in [4.78, 5) is 12.6. The van der Waals surface area contributed by atoms with Crippen LogP contribution >= 0.6 is 0 Å². The van der Waals surface area contributed by atoms with E-state index in [2.05, 4.69) is 33.7 Å². The fourth-order valence-corrected chi connectivity index (χ4v) is 2.90. The van der Waals surface area contributed by atoms with E-state index in [0.29, 0.717) is 6.04 Å². The normalized spacial score (nSPS) is 18.0. The monoisotopic (exact) mass is 280 g/mol. The minimum Gasteiger partial charge on any atom is -0.385 e. The van der Waals surface area contributed by atoms with Gasteiger partial charge in [0.05, 0.1) is 12.0 Å². The molecule has 1 fully saturated rings. The van der Waals surface area contributed by atoms with E-state index < -0.39 is 0 Å². The second kappa shape index (κ2) is 7.76. The molecule has 1 aliphatic rings. The average molecular weight is 280 g/mol. The van der Waals surface area contributed by atoms with Crippen LogP contribution in [-0.4, -0.2) is 66.2 Å². The van der Waals surface area contributed by atoms with Crippen LogP contribution in [0.4, 0.5) is 0 Å². The average Bonchev–Trinajstić information content (AvgIpc) is 2.84. The van der Waals surface area contributed by atoms with Gasteiger partial charge in [-0.3, -0.25) is 4.90 Å². The molecule has 0 aromatic carbocycles. The lowest BCUT2D eigenvalue weighted by Crippen LogP contribution is -2.44. The molecule has 20 heavy (non-hydrogen) atoms. The number of nitrogens with zero attached hydrogens (tertiary/aromatic N) is 3. The standard InChI is InChI=1S/C15H28N4O/c1-13-15(17-12-16-13)11-19(7-4-10-20-3)14-5-8-18(2)9-6-14/h12,14H,4-11H2,1-3H3,(H,16,17). The SMILES string of the molecule is COCCCN(Cc1nc[nH]c1C)C1CCN(C)CC1. The maximum Gasteiger partial charge on any atom is 0.0925 e. The molecule has 0 atom stereocenters. The molecule has 0 aliphatic carbocycles. The first-order valence-electron chi connectivity index (χ1n) is 7.61. The highest BCUT2D eigenvalue weighted by molar-refractivity contribution is 5.08. The zero-order valence-corrected chi connectivity index (χ0v) is 13.1. The summed E-state index contributed by atoms with van der Waals surface area (Å²) >= 11 is 0. The van der Waals surface area contributed by atoms with E-state index in [1.807, 2.05) is 0 Å². The van der Waals surface area contributed by atoms with Gasteiger partial charge in [-0.15, -0.1) is 0 Å². The van der Waals surface area contributed by atoms with E-state index in [1.54, 1.807) is 13.4 Å². The summed E-state index contributed by atoms with van der Waals surface area (Å²) in [5, 5.41) is 0. The quantitative estimate of drug-likeness (QED) is 0.771. The first kappa shape index (κ1) is 15.5. The van der Waals surface area contributed by atoms with Crippen LogP contribution in [0.1, 0.15) is 30.7 Å². The Labute approximate surface area is 122 Å². The molecule has 0 saturated carbocycles. The summed E-state index contributed by atoms with van der Waals surface area (Å²) < 4.78 is 5.20. The molecule has 1 N–H and O–H groups in total. The van der Waals surface area contributed by atoms with Crippen molar-refractivity contribution < 1.29 is 4.74 Å². The number of nitrogens with one attached hydrogen (secondary N) is 1. The molecular weight excluding hydrogens is 252 g/mol. The fraction of sp³-hybridized carbons (Fsp3) is 0.800. The Morgan fingerprint density at radius 1 is 1.45 bits per heavy atom. The molecule has 2 heterocycles. The van der Waals surface area contributed by atoms with Gasteiger partial charge in [0.15, 0.2) is 0 Å². The van der Waals surface area contributed by atoms with E-state index >= 15 is 0 Å². The molecule has 0 spiro atoms. The first-order chi connectivity index (χ1) is 9.70. The molecule has 5 nitrogen and oxygen atoms in total. The van der Waals surface area contributed by atoms with Crippen LogP contribution in [0.5, 0.6) is 0 Å². The highest BCUT2D eigenvalue weighted by atomic mass is 16.5. The van der Waals surface area contributed by atoms with Crippen molar-refractivity contribution in [3.05, 3.63) is 17.7 Å². The number of hydrogen-bond donors (Lipinski definition) is 1. The van der Waals surface area contributed by atoms with Gasteiger partial charge < -0.3 is 14.6 Å². The number of aromatic nitrogens is 2. The summed E-state index contributed by atoms with van der Waals surface area (Å²) in [7, 11) is 3.99. The lowest BCUT2D eigenvalue weighted by molar-refractivity contribution is 0.0989. The van der Waals surface area contributed by atoms with Crippen molar-refractivity contribution in [2.24, 2.45) is 0 Å². The van der Waals surface area contributed by atoms with Gasteiger partial charge in [0.25, 0.3) is 0 Å². The van der Waals surface area contributed by atoms with Crippen molar-refractivity contribution in [1.82, 2.24) is 19.8 Å². The number of rotatable bonds is 7. The van der Waals surface area contributed by atoms with Gasteiger partial charge >= 0.3 is 0 Å². The number of imidazole rings is 1. The van der Waals surface area contributed by atoms with Crippen molar-refractivity contribution in [1.29, 1.82) is 0 Å². The van der Waals surface area contributed by atoms with Gasteiger partial charge in [-0.2, -0.15) is 0 Å². The van der Waals surface area contributed by atoms with E-state index in [9.17, 15) is 0 Å². The van der Waals surface area contributed by atoms with Gasteiger partial charge in [0, 0.05) is 38.5 Å². The van der Waals surface area contributed by atoms with Crippen LogP contribution in [0, 0.1) is 6.92 Å². The van der Waals surface area contributed by atoms with Crippen LogP contribution < -0.4 is 0 Å². The van der Waals surface area contributed by atoms with Crippen LogP contribution in [0.25, 0.3) is 0 Å². The molecule has 114 valence electrons. The molecule has 0 radical (unpaired) electrons. The zero-order chi connectivity index (χ0) is 14.4. The number of ether oxygens (including phenoxy) is 1. The minimum atomic E-state index is 0.680. The molecule has 5 heteroatoms. The second-order valence-corrected chi connectivity index (χ2v) is 5.83. The van der Waals surface area contributed by atoms with E-state index in [1.165, 1.54) is 37.3 Å². The highest BCUT2D eigenvalue weighted by Crippen LogP contribution is 2.19. The number of likely N-dealkylation sites (tertiary alicyclic amines) is 1. The summed E-state index contributed by atoms with van der Waals surface area (Å²) in [5.74, 6) is 0. The molecule has 1 aliphatic heterocycles. The van der Waals surface area contributed by atoms with Gasteiger partial charge in [-0.1, -0.05) is 0 Å². The van der Waals surface area contributed by atoms with Gasteiger partial charge in [-0.05, 0) is 46.3 Å². The number of piperidine rings is 1. The fourth-order valence-electron chi connectivity index (χ4n) is 2.90. The third-order valence-electron chi connectivity index (χ3n) is 4.29. The van der Waals surface area contributed by atoms with Crippen LogP contribution in [-0.2, 0) is 11.3 Å². The van der Waals surface area contributed by atoms with Gasteiger partial charge in [-0.25, -0.2) is 4.98 Å². The second-order valence-electron chi connectivity index (χ2n) is 5.83. The lowest BCUT2D eigenvalue weighted by Gasteiger charge is -2.37. The molecular formula is C15H28N4O. The third kappa shape index (κ3) is 4.30. The van der Waals surface area contributed by atoms with Crippen molar-refractivity contribution in [2.45, 2.75) is 38.8 Å². The maximum absolute atomic E-state index is 5.20. The van der Waals surface area contributed by atoms with Crippen LogP contribution in [0.3, 0.4) is 0 Å². The molecule has 0 amide bonds.